The van der Waals surface area contributed by atoms with E-state index < -0.39 is 17.7 Å². The van der Waals surface area contributed by atoms with Crippen molar-refractivity contribution >= 4 is 45.2 Å². The van der Waals surface area contributed by atoms with Gasteiger partial charge in [0.05, 0.1) is 5.57 Å². The zero-order valence-electron chi connectivity index (χ0n) is 15.9. The highest BCUT2D eigenvalue weighted by atomic mass is 32.1. The molecule has 0 spiro atoms. The van der Waals surface area contributed by atoms with Crippen molar-refractivity contribution in [2.45, 2.75) is 6.04 Å². The van der Waals surface area contributed by atoms with E-state index in [-0.39, 0.29) is 11.3 Å². The number of amides is 1. The Hall–Kier alpha value is -3.70. The molecule has 1 saturated heterocycles. The summed E-state index contributed by atoms with van der Waals surface area (Å²) >= 11 is 1.45. The molecular formula is C25H17NO3S. The number of rotatable bonds is 3. The lowest BCUT2D eigenvalue weighted by Crippen LogP contribution is -2.29. The Balaban J connectivity index is 1.72. The molecule has 2 heterocycles. The number of thiophene rings is 1. The van der Waals surface area contributed by atoms with E-state index in [0.717, 1.165) is 15.6 Å². The first-order valence-electron chi connectivity index (χ1n) is 9.54. The van der Waals surface area contributed by atoms with Crippen LogP contribution in [-0.2, 0) is 9.59 Å². The van der Waals surface area contributed by atoms with Gasteiger partial charge in [0.25, 0.3) is 11.7 Å². The highest BCUT2D eigenvalue weighted by Gasteiger charge is 2.47. The number of fused-ring (bicyclic) bond motifs is 1. The molecule has 1 aliphatic heterocycles. The molecule has 1 amide bonds. The predicted octanol–water partition coefficient (Wildman–Crippen LogP) is 5.53. The van der Waals surface area contributed by atoms with Crippen molar-refractivity contribution in [3.05, 3.63) is 106 Å². The van der Waals surface area contributed by atoms with Gasteiger partial charge in [0, 0.05) is 16.1 Å². The first-order valence-corrected chi connectivity index (χ1v) is 10.4. The number of aliphatic hydroxyl groups excluding tert-OH is 1. The summed E-state index contributed by atoms with van der Waals surface area (Å²) in [6, 6.07) is 25.5. The van der Waals surface area contributed by atoms with Crippen LogP contribution in [0.4, 0.5) is 5.69 Å². The second-order valence-electron chi connectivity index (χ2n) is 7.08. The topological polar surface area (TPSA) is 57.6 Å². The Morgan fingerprint density at radius 2 is 1.57 bits per heavy atom. The minimum absolute atomic E-state index is 0.113. The minimum Gasteiger partial charge on any atom is -0.507 e. The molecule has 1 N–H and O–H groups in total. The number of carbonyl (C=O) groups excluding carboxylic acids is 2. The zero-order chi connectivity index (χ0) is 20.7. The molecule has 1 aliphatic rings. The maximum atomic E-state index is 13.1. The summed E-state index contributed by atoms with van der Waals surface area (Å²) in [5, 5.41) is 15.1. The molecule has 30 heavy (non-hydrogen) atoms. The van der Waals surface area contributed by atoms with Crippen LogP contribution in [0.5, 0.6) is 0 Å². The van der Waals surface area contributed by atoms with E-state index in [0.29, 0.717) is 11.3 Å². The number of anilines is 1. The molecule has 1 unspecified atom stereocenters. The van der Waals surface area contributed by atoms with Gasteiger partial charge in [0.1, 0.15) is 11.8 Å². The summed E-state index contributed by atoms with van der Waals surface area (Å²) in [6.07, 6.45) is 0. The van der Waals surface area contributed by atoms with Crippen molar-refractivity contribution < 1.29 is 14.7 Å². The Bertz CT molecular complexity index is 1290. The van der Waals surface area contributed by atoms with Crippen molar-refractivity contribution in [2.24, 2.45) is 0 Å². The lowest BCUT2D eigenvalue weighted by Gasteiger charge is -2.24. The summed E-state index contributed by atoms with van der Waals surface area (Å²) in [4.78, 5) is 28.4. The third-order valence-corrected chi connectivity index (χ3v) is 6.24. The molecule has 5 heteroatoms. The number of ketones is 1. The molecular weight excluding hydrogens is 394 g/mol. The smallest absolute Gasteiger partial charge is 0.300 e. The second-order valence-corrected chi connectivity index (χ2v) is 8.06. The van der Waals surface area contributed by atoms with Gasteiger partial charge in [-0.25, -0.2) is 0 Å². The van der Waals surface area contributed by atoms with Crippen LogP contribution >= 0.6 is 11.3 Å². The van der Waals surface area contributed by atoms with Gasteiger partial charge in [0.2, 0.25) is 0 Å². The van der Waals surface area contributed by atoms with Crippen molar-refractivity contribution in [1.29, 1.82) is 0 Å². The minimum atomic E-state index is -0.678. The van der Waals surface area contributed by atoms with E-state index >= 15 is 0 Å². The van der Waals surface area contributed by atoms with Gasteiger partial charge < -0.3 is 5.11 Å². The molecule has 0 saturated carbocycles. The van der Waals surface area contributed by atoms with E-state index in [1.165, 1.54) is 16.2 Å². The van der Waals surface area contributed by atoms with E-state index in [1.807, 2.05) is 72.1 Å². The highest BCUT2D eigenvalue weighted by Crippen LogP contribution is 2.43. The van der Waals surface area contributed by atoms with Gasteiger partial charge in [-0.15, -0.1) is 11.3 Å². The number of benzene rings is 3. The Morgan fingerprint density at radius 3 is 2.30 bits per heavy atom. The summed E-state index contributed by atoms with van der Waals surface area (Å²) in [6.45, 7) is 0. The Labute approximate surface area is 177 Å². The molecule has 1 atom stereocenters. The first kappa shape index (κ1) is 18.3. The quantitative estimate of drug-likeness (QED) is 0.274. The fraction of sp³-hybridized carbons (Fsp3) is 0.0400. The standard InChI is InChI=1S/C25H17NO3S/c27-23(18-13-12-16-7-4-5-8-17(16)15-18)21-22(20-11-6-14-30-20)26(25(29)24(21)28)19-9-2-1-3-10-19/h1-15,22,27H/b23-21-. The van der Waals surface area contributed by atoms with Crippen molar-refractivity contribution in [2.75, 3.05) is 4.90 Å². The SMILES string of the molecule is O=C1C(=O)N(c2ccccc2)C(c2cccs2)/C1=C(/O)c1ccc2ccccc2c1. The number of aliphatic hydroxyl groups is 1. The maximum absolute atomic E-state index is 13.1. The third kappa shape index (κ3) is 2.91. The van der Waals surface area contributed by atoms with Crippen molar-refractivity contribution in [3.63, 3.8) is 0 Å². The van der Waals surface area contributed by atoms with Crippen LogP contribution in [0.3, 0.4) is 0 Å². The normalized spacial score (nSPS) is 18.3. The van der Waals surface area contributed by atoms with Crippen molar-refractivity contribution in [1.82, 2.24) is 0 Å². The van der Waals surface area contributed by atoms with Gasteiger partial charge in [-0.05, 0) is 40.4 Å². The highest BCUT2D eigenvalue weighted by molar-refractivity contribution is 7.10. The van der Waals surface area contributed by atoms with E-state index in [2.05, 4.69) is 0 Å². The lowest BCUT2D eigenvalue weighted by atomic mass is 9.98. The molecule has 1 fully saturated rings. The number of carbonyl (C=O) groups is 2. The average Bonchev–Trinajstić information content (AvgIpc) is 3.40. The van der Waals surface area contributed by atoms with Crippen LogP contribution in [-0.4, -0.2) is 16.8 Å². The van der Waals surface area contributed by atoms with E-state index in [4.69, 9.17) is 0 Å². The summed E-state index contributed by atoms with van der Waals surface area (Å²) in [5.74, 6) is -1.47. The summed E-state index contributed by atoms with van der Waals surface area (Å²) < 4.78 is 0. The van der Waals surface area contributed by atoms with Crippen LogP contribution in [0.2, 0.25) is 0 Å². The first-order chi connectivity index (χ1) is 14.6. The number of Topliss-reactive ketones (excluding diaryl/α,β-unsaturated/α-hetero) is 1. The fourth-order valence-electron chi connectivity index (χ4n) is 3.90. The van der Waals surface area contributed by atoms with E-state index in [1.54, 1.807) is 18.2 Å². The van der Waals surface area contributed by atoms with Crippen LogP contribution in [0, 0.1) is 0 Å². The molecule has 5 rings (SSSR count). The Kier molecular flexibility index (Phi) is 4.45. The van der Waals surface area contributed by atoms with E-state index in [9.17, 15) is 14.7 Å². The molecule has 4 aromatic rings. The van der Waals surface area contributed by atoms with Gasteiger partial charge in [-0.2, -0.15) is 0 Å². The van der Waals surface area contributed by atoms with Crippen LogP contribution in [0.15, 0.2) is 95.9 Å². The van der Waals surface area contributed by atoms with Crippen LogP contribution in [0.25, 0.3) is 16.5 Å². The van der Waals surface area contributed by atoms with Gasteiger partial charge in [-0.1, -0.05) is 60.7 Å². The molecule has 0 aliphatic carbocycles. The molecule has 4 nitrogen and oxygen atoms in total. The summed E-state index contributed by atoms with van der Waals surface area (Å²) in [5.41, 5.74) is 1.25. The molecule has 0 radical (unpaired) electrons. The third-order valence-electron chi connectivity index (χ3n) is 5.31. The molecule has 146 valence electrons. The number of para-hydroxylation sites is 1. The number of hydrogen-bond donors (Lipinski definition) is 1. The molecule has 1 aromatic heterocycles. The van der Waals surface area contributed by atoms with Gasteiger partial charge >= 0.3 is 0 Å². The van der Waals surface area contributed by atoms with Gasteiger partial charge in [0.15, 0.2) is 0 Å². The predicted molar refractivity (Wildman–Crippen MR) is 119 cm³/mol. The maximum Gasteiger partial charge on any atom is 0.300 e. The molecule has 3 aromatic carbocycles. The Morgan fingerprint density at radius 1 is 0.833 bits per heavy atom. The zero-order valence-corrected chi connectivity index (χ0v) is 16.7. The van der Waals surface area contributed by atoms with Crippen LogP contribution in [0.1, 0.15) is 16.5 Å². The summed E-state index contributed by atoms with van der Waals surface area (Å²) in [7, 11) is 0. The monoisotopic (exact) mass is 411 g/mol. The number of hydrogen-bond acceptors (Lipinski definition) is 4. The average molecular weight is 411 g/mol. The lowest BCUT2D eigenvalue weighted by molar-refractivity contribution is -0.132. The largest absolute Gasteiger partial charge is 0.507 e. The molecule has 0 bridgehead atoms. The van der Waals surface area contributed by atoms with Gasteiger partial charge in [-0.3, -0.25) is 14.5 Å². The second kappa shape index (κ2) is 7.28. The van der Waals surface area contributed by atoms with Crippen LogP contribution < -0.4 is 4.90 Å². The fourth-order valence-corrected chi connectivity index (χ4v) is 4.72. The number of nitrogens with zero attached hydrogens (tertiary/aromatic N) is 1. The van der Waals surface area contributed by atoms with Crippen molar-refractivity contribution in [3.8, 4) is 0 Å².